The number of hydrogen-bond acceptors (Lipinski definition) is 6. The maximum Gasteiger partial charge on any atom is 0.230 e. The Hall–Kier alpha value is -1.47. The maximum atomic E-state index is 12.1. The number of nitrogens with zero attached hydrogens (tertiary/aromatic N) is 4. The van der Waals surface area contributed by atoms with Gasteiger partial charge in [-0.05, 0) is 25.8 Å². The Bertz CT molecular complexity index is 547. The van der Waals surface area contributed by atoms with E-state index in [0.29, 0.717) is 37.9 Å². The van der Waals surface area contributed by atoms with Crippen LogP contribution in [-0.2, 0) is 16.1 Å². The van der Waals surface area contributed by atoms with Crippen LogP contribution in [0.25, 0.3) is 0 Å². The second kappa shape index (κ2) is 6.97. The van der Waals surface area contributed by atoms with Gasteiger partial charge in [0.15, 0.2) is 0 Å². The predicted octanol–water partition coefficient (Wildman–Crippen LogP) is 1.23. The molecule has 0 aromatic carbocycles. The lowest BCUT2D eigenvalue weighted by molar-refractivity contribution is -0.140. The van der Waals surface area contributed by atoms with E-state index >= 15 is 0 Å². The van der Waals surface area contributed by atoms with Crippen LogP contribution in [0.3, 0.4) is 0 Å². The number of methoxy groups -OCH3 is 1. The predicted molar refractivity (Wildman–Crippen MR) is 83.7 cm³/mol. The van der Waals surface area contributed by atoms with Gasteiger partial charge in [0.1, 0.15) is 0 Å². The molecule has 7 nitrogen and oxygen atoms in total. The summed E-state index contributed by atoms with van der Waals surface area (Å²) in [6.45, 7) is 6.70. The molecule has 3 rings (SSSR count). The highest BCUT2D eigenvalue weighted by atomic mass is 16.5. The Labute approximate surface area is 137 Å². The number of carbonyl (C=O) groups is 1. The number of ether oxygens (including phenoxy) is 1. The average molecular weight is 322 g/mol. The van der Waals surface area contributed by atoms with Gasteiger partial charge < -0.3 is 14.1 Å². The monoisotopic (exact) mass is 322 g/mol. The van der Waals surface area contributed by atoms with Gasteiger partial charge in [-0.2, -0.15) is 0 Å². The van der Waals surface area contributed by atoms with Crippen molar-refractivity contribution in [2.24, 2.45) is 5.41 Å². The standard InChI is InChI=1S/C16H26N4O3/c1-13-17-18-14(23-13)10-19-7-3-5-16(11-19)6-4-15(21)20(12-16)8-9-22-2/h3-12H2,1-2H3/t16-/m0/s1. The van der Waals surface area contributed by atoms with Gasteiger partial charge in [0.05, 0.1) is 13.2 Å². The van der Waals surface area contributed by atoms with Gasteiger partial charge in [-0.3, -0.25) is 9.69 Å². The van der Waals surface area contributed by atoms with Crippen molar-refractivity contribution in [3.63, 3.8) is 0 Å². The molecule has 3 heterocycles. The van der Waals surface area contributed by atoms with E-state index in [-0.39, 0.29) is 11.3 Å². The average Bonchev–Trinajstić information content (AvgIpc) is 2.94. The van der Waals surface area contributed by atoms with Gasteiger partial charge in [-0.15, -0.1) is 10.2 Å². The lowest BCUT2D eigenvalue weighted by Gasteiger charge is -2.48. The molecule has 0 N–H and O–H groups in total. The molecule has 1 atom stereocenters. The molecule has 128 valence electrons. The quantitative estimate of drug-likeness (QED) is 0.812. The van der Waals surface area contributed by atoms with E-state index in [1.165, 1.54) is 6.42 Å². The van der Waals surface area contributed by atoms with Gasteiger partial charge in [0.25, 0.3) is 0 Å². The molecule has 0 radical (unpaired) electrons. The summed E-state index contributed by atoms with van der Waals surface area (Å²) in [5, 5.41) is 8.00. The van der Waals surface area contributed by atoms with Crippen LogP contribution in [0.2, 0.25) is 0 Å². The fourth-order valence-electron chi connectivity index (χ4n) is 3.88. The number of amides is 1. The molecule has 2 saturated heterocycles. The van der Waals surface area contributed by atoms with E-state index in [9.17, 15) is 4.79 Å². The molecule has 0 aliphatic carbocycles. The van der Waals surface area contributed by atoms with Crippen LogP contribution in [0, 0.1) is 12.3 Å². The van der Waals surface area contributed by atoms with Crippen molar-refractivity contribution in [2.45, 2.75) is 39.2 Å². The normalized spacial score (nSPS) is 26.2. The SMILES string of the molecule is COCCN1C[C@@]2(CCCN(Cc3nnc(C)o3)C2)CCC1=O. The summed E-state index contributed by atoms with van der Waals surface area (Å²) >= 11 is 0. The first-order chi connectivity index (χ1) is 11.1. The lowest BCUT2D eigenvalue weighted by Crippen LogP contribution is -2.54. The van der Waals surface area contributed by atoms with E-state index in [1.54, 1.807) is 7.11 Å². The third-order valence-corrected chi connectivity index (χ3v) is 4.98. The minimum absolute atomic E-state index is 0.203. The third kappa shape index (κ3) is 3.90. The van der Waals surface area contributed by atoms with Crippen LogP contribution in [0.4, 0.5) is 0 Å². The number of piperidine rings is 2. The number of aromatic nitrogens is 2. The molecule has 0 bridgehead atoms. The Morgan fingerprint density at radius 3 is 2.91 bits per heavy atom. The molecule has 23 heavy (non-hydrogen) atoms. The highest BCUT2D eigenvalue weighted by Gasteiger charge is 2.41. The van der Waals surface area contributed by atoms with Crippen molar-refractivity contribution < 1.29 is 13.9 Å². The maximum absolute atomic E-state index is 12.1. The molecular weight excluding hydrogens is 296 g/mol. The van der Waals surface area contributed by atoms with E-state index < -0.39 is 0 Å². The summed E-state index contributed by atoms with van der Waals surface area (Å²) < 4.78 is 10.6. The van der Waals surface area contributed by atoms with E-state index in [0.717, 1.165) is 32.5 Å². The molecule has 2 aliphatic heterocycles. The molecular formula is C16H26N4O3. The molecule has 1 aromatic rings. The van der Waals surface area contributed by atoms with Gasteiger partial charge in [-0.1, -0.05) is 0 Å². The van der Waals surface area contributed by atoms with E-state index in [2.05, 4.69) is 15.1 Å². The minimum Gasteiger partial charge on any atom is -0.424 e. The zero-order valence-corrected chi connectivity index (χ0v) is 14.1. The van der Waals surface area contributed by atoms with Crippen molar-refractivity contribution in [2.75, 3.05) is 39.9 Å². The Balaban J connectivity index is 1.63. The topological polar surface area (TPSA) is 71.7 Å². The van der Waals surface area contributed by atoms with Crippen LogP contribution in [-0.4, -0.2) is 65.8 Å². The molecule has 1 spiro atoms. The van der Waals surface area contributed by atoms with Gasteiger partial charge in [0.2, 0.25) is 17.7 Å². The summed E-state index contributed by atoms with van der Waals surface area (Å²) in [4.78, 5) is 16.5. The summed E-state index contributed by atoms with van der Waals surface area (Å²) in [6, 6.07) is 0. The second-order valence-electron chi connectivity index (χ2n) is 6.84. The molecule has 1 aromatic heterocycles. The molecule has 0 saturated carbocycles. The minimum atomic E-state index is 0.203. The zero-order valence-electron chi connectivity index (χ0n) is 14.1. The number of aryl methyl sites for hydroxylation is 1. The summed E-state index contributed by atoms with van der Waals surface area (Å²) in [5.74, 6) is 1.56. The molecule has 7 heteroatoms. The summed E-state index contributed by atoms with van der Waals surface area (Å²) in [5.41, 5.74) is 0.203. The molecule has 2 fully saturated rings. The van der Waals surface area contributed by atoms with Crippen molar-refractivity contribution in [3.8, 4) is 0 Å². The van der Waals surface area contributed by atoms with Crippen LogP contribution < -0.4 is 0 Å². The van der Waals surface area contributed by atoms with Crippen LogP contribution >= 0.6 is 0 Å². The number of likely N-dealkylation sites (tertiary alicyclic amines) is 2. The highest BCUT2D eigenvalue weighted by molar-refractivity contribution is 5.77. The van der Waals surface area contributed by atoms with E-state index in [4.69, 9.17) is 9.15 Å². The van der Waals surface area contributed by atoms with Crippen molar-refractivity contribution in [1.29, 1.82) is 0 Å². The third-order valence-electron chi connectivity index (χ3n) is 4.98. The molecule has 1 amide bonds. The summed E-state index contributed by atoms with van der Waals surface area (Å²) in [7, 11) is 1.68. The number of hydrogen-bond donors (Lipinski definition) is 0. The van der Waals surface area contributed by atoms with Crippen molar-refractivity contribution >= 4 is 5.91 Å². The first-order valence-electron chi connectivity index (χ1n) is 8.38. The first-order valence-corrected chi connectivity index (χ1v) is 8.38. The first kappa shape index (κ1) is 16.4. The highest BCUT2D eigenvalue weighted by Crippen LogP contribution is 2.39. The van der Waals surface area contributed by atoms with Crippen molar-refractivity contribution in [1.82, 2.24) is 20.0 Å². The fourth-order valence-corrected chi connectivity index (χ4v) is 3.88. The second-order valence-corrected chi connectivity index (χ2v) is 6.84. The van der Waals surface area contributed by atoms with Crippen molar-refractivity contribution in [3.05, 3.63) is 11.8 Å². The van der Waals surface area contributed by atoms with Crippen LogP contribution in [0.15, 0.2) is 4.42 Å². The Morgan fingerprint density at radius 2 is 2.17 bits per heavy atom. The number of carbonyl (C=O) groups excluding carboxylic acids is 1. The fraction of sp³-hybridized carbons (Fsp3) is 0.812. The van der Waals surface area contributed by atoms with Gasteiger partial charge >= 0.3 is 0 Å². The Morgan fingerprint density at radius 1 is 1.30 bits per heavy atom. The largest absolute Gasteiger partial charge is 0.424 e. The molecule has 2 aliphatic rings. The smallest absolute Gasteiger partial charge is 0.230 e. The van der Waals surface area contributed by atoms with E-state index in [1.807, 2.05) is 11.8 Å². The zero-order chi connectivity index (χ0) is 16.3. The Kier molecular flexibility index (Phi) is 4.96. The van der Waals surface area contributed by atoms with Crippen LogP contribution in [0.1, 0.15) is 37.5 Å². The lowest BCUT2D eigenvalue weighted by atomic mass is 9.73. The summed E-state index contributed by atoms with van der Waals surface area (Å²) in [6.07, 6.45) is 3.97. The van der Waals surface area contributed by atoms with Gasteiger partial charge in [0, 0.05) is 45.5 Å². The number of rotatable bonds is 5. The van der Waals surface area contributed by atoms with Crippen LogP contribution in [0.5, 0.6) is 0 Å². The van der Waals surface area contributed by atoms with Gasteiger partial charge in [-0.25, -0.2) is 0 Å². The molecule has 0 unspecified atom stereocenters.